The van der Waals surface area contributed by atoms with Gasteiger partial charge in [-0.1, -0.05) is 5.21 Å². The van der Waals surface area contributed by atoms with Crippen LogP contribution in [0.25, 0.3) is 5.69 Å². The lowest BCUT2D eigenvalue weighted by Gasteiger charge is -2.05. The number of alkyl halides is 3. The van der Waals surface area contributed by atoms with Gasteiger partial charge in [0, 0.05) is 6.07 Å². The van der Waals surface area contributed by atoms with Gasteiger partial charge in [0.1, 0.15) is 5.75 Å². The van der Waals surface area contributed by atoms with E-state index in [1.165, 1.54) is 7.11 Å². The number of benzene rings is 1. The number of carbonyl (C=O) groups is 1. The van der Waals surface area contributed by atoms with Gasteiger partial charge in [-0.25, -0.2) is 4.68 Å². The molecule has 0 fully saturated rings. The molecule has 2 rings (SSSR count). The summed E-state index contributed by atoms with van der Waals surface area (Å²) >= 11 is 3.24. The first-order valence-electron chi connectivity index (χ1n) is 5.20. The Bertz CT molecular complexity index is 655. The highest BCUT2D eigenvalue weighted by atomic mass is 79.9. The molecule has 0 saturated carbocycles. The number of hydrogen-bond acceptors (Lipinski definition) is 4. The predicted molar refractivity (Wildman–Crippen MR) is 66.0 cm³/mol. The Hall–Kier alpha value is -1.90. The summed E-state index contributed by atoms with van der Waals surface area (Å²) in [5, 5.41) is 6.73. The second kappa shape index (κ2) is 5.23. The number of carbonyl (C=O) groups excluding carboxylic acids is 1. The van der Waals surface area contributed by atoms with Gasteiger partial charge >= 0.3 is 6.18 Å². The molecule has 0 atom stereocenters. The van der Waals surface area contributed by atoms with Crippen LogP contribution >= 0.6 is 15.9 Å². The zero-order chi connectivity index (χ0) is 14.9. The topological polar surface area (TPSA) is 57.0 Å². The summed E-state index contributed by atoms with van der Waals surface area (Å²) in [6.07, 6.45) is -4.06. The van der Waals surface area contributed by atoms with Crippen LogP contribution in [0.5, 0.6) is 5.75 Å². The zero-order valence-corrected chi connectivity index (χ0v) is 11.6. The highest BCUT2D eigenvalue weighted by molar-refractivity contribution is 9.10. The third-order valence-corrected chi connectivity index (χ3v) is 3.04. The Morgan fingerprint density at radius 1 is 1.40 bits per heavy atom. The van der Waals surface area contributed by atoms with E-state index in [-0.39, 0.29) is 0 Å². The van der Waals surface area contributed by atoms with E-state index in [4.69, 9.17) is 4.74 Å². The Balaban J connectivity index is 2.36. The van der Waals surface area contributed by atoms with Crippen LogP contribution in [0.2, 0.25) is 0 Å². The van der Waals surface area contributed by atoms with Crippen LogP contribution in [-0.4, -0.2) is 34.1 Å². The first-order valence-corrected chi connectivity index (χ1v) is 6.00. The van der Waals surface area contributed by atoms with E-state index in [0.717, 1.165) is 10.9 Å². The fourth-order valence-corrected chi connectivity index (χ4v) is 1.84. The average Bonchev–Trinajstić information content (AvgIpc) is 2.86. The van der Waals surface area contributed by atoms with Gasteiger partial charge in [0.15, 0.2) is 5.69 Å². The van der Waals surface area contributed by atoms with E-state index in [1.807, 2.05) is 0 Å². The molecular formula is C11H7BrF3N3O2. The highest BCUT2D eigenvalue weighted by Crippen LogP contribution is 2.27. The molecule has 1 aromatic heterocycles. The third-order valence-electron chi connectivity index (χ3n) is 2.38. The minimum atomic E-state index is -4.97. The van der Waals surface area contributed by atoms with Crippen LogP contribution in [0.1, 0.15) is 10.5 Å². The van der Waals surface area contributed by atoms with Crippen molar-refractivity contribution in [2.45, 2.75) is 6.18 Å². The van der Waals surface area contributed by atoms with Gasteiger partial charge in [0.25, 0.3) is 5.78 Å². The van der Waals surface area contributed by atoms with Crippen LogP contribution in [0.4, 0.5) is 13.2 Å². The SMILES string of the molecule is COc1cc(-n2cc(C(=O)C(F)(F)F)nn2)ccc1Br. The van der Waals surface area contributed by atoms with E-state index in [2.05, 4.69) is 26.2 Å². The van der Waals surface area contributed by atoms with E-state index >= 15 is 0 Å². The first-order chi connectivity index (χ1) is 9.32. The maximum atomic E-state index is 12.3. The average molecular weight is 350 g/mol. The normalized spacial score (nSPS) is 11.4. The van der Waals surface area contributed by atoms with Crippen molar-refractivity contribution in [3.8, 4) is 11.4 Å². The summed E-state index contributed by atoms with van der Waals surface area (Å²) in [4.78, 5) is 11.0. The van der Waals surface area contributed by atoms with E-state index in [1.54, 1.807) is 18.2 Å². The van der Waals surface area contributed by atoms with E-state index in [0.29, 0.717) is 15.9 Å². The van der Waals surface area contributed by atoms with Crippen molar-refractivity contribution in [1.29, 1.82) is 0 Å². The number of aromatic nitrogens is 3. The van der Waals surface area contributed by atoms with Gasteiger partial charge < -0.3 is 4.74 Å². The molecule has 0 amide bonds. The standard InChI is InChI=1S/C11H7BrF3N3O2/c1-20-9-4-6(2-3-7(9)12)18-5-8(16-17-18)10(19)11(13,14)15/h2-5H,1H3. The summed E-state index contributed by atoms with van der Waals surface area (Å²) in [5.41, 5.74) is -0.349. The molecule has 5 nitrogen and oxygen atoms in total. The maximum Gasteiger partial charge on any atom is 0.456 e. The Kier molecular flexibility index (Phi) is 3.80. The molecule has 0 spiro atoms. The molecule has 1 heterocycles. The smallest absolute Gasteiger partial charge is 0.456 e. The largest absolute Gasteiger partial charge is 0.495 e. The van der Waals surface area contributed by atoms with Crippen molar-refractivity contribution in [3.63, 3.8) is 0 Å². The fraction of sp³-hybridized carbons (Fsp3) is 0.182. The lowest BCUT2D eigenvalue weighted by Crippen LogP contribution is -2.23. The van der Waals surface area contributed by atoms with Crippen LogP contribution in [0, 0.1) is 0 Å². The monoisotopic (exact) mass is 349 g/mol. The number of halogens is 4. The Labute approximate surface area is 119 Å². The summed E-state index contributed by atoms with van der Waals surface area (Å²) in [6, 6.07) is 4.77. The minimum absolute atomic E-state index is 0.416. The van der Waals surface area contributed by atoms with Crippen molar-refractivity contribution in [3.05, 3.63) is 34.6 Å². The molecule has 0 aliphatic carbocycles. The number of ether oxygens (including phenoxy) is 1. The molecular weight excluding hydrogens is 343 g/mol. The molecule has 0 bridgehead atoms. The van der Waals surface area contributed by atoms with Crippen molar-refractivity contribution < 1.29 is 22.7 Å². The molecule has 20 heavy (non-hydrogen) atoms. The summed E-state index contributed by atoms with van der Waals surface area (Å²) in [5.74, 6) is -1.56. The number of rotatable bonds is 3. The lowest BCUT2D eigenvalue weighted by atomic mass is 10.3. The molecule has 106 valence electrons. The molecule has 1 aromatic carbocycles. The number of nitrogens with zero attached hydrogens (tertiary/aromatic N) is 3. The van der Waals surface area contributed by atoms with Gasteiger partial charge in [0.2, 0.25) is 0 Å². The van der Waals surface area contributed by atoms with Gasteiger partial charge in [0.05, 0.1) is 23.5 Å². The van der Waals surface area contributed by atoms with E-state index < -0.39 is 17.7 Å². The van der Waals surface area contributed by atoms with Crippen molar-refractivity contribution in [2.24, 2.45) is 0 Å². The van der Waals surface area contributed by atoms with Crippen molar-refractivity contribution in [2.75, 3.05) is 7.11 Å². The van der Waals surface area contributed by atoms with Gasteiger partial charge in [-0.15, -0.1) is 5.10 Å². The fourth-order valence-electron chi connectivity index (χ4n) is 1.43. The van der Waals surface area contributed by atoms with Gasteiger partial charge in [-0.2, -0.15) is 13.2 Å². The van der Waals surface area contributed by atoms with Gasteiger partial charge in [-0.05, 0) is 28.1 Å². The molecule has 0 aliphatic heterocycles. The van der Waals surface area contributed by atoms with Crippen molar-refractivity contribution in [1.82, 2.24) is 15.0 Å². The molecule has 0 unspecified atom stereocenters. The number of Topliss-reactive ketones (excluding diaryl/α,β-unsaturated/α-hetero) is 1. The van der Waals surface area contributed by atoms with E-state index in [9.17, 15) is 18.0 Å². The van der Waals surface area contributed by atoms with Crippen LogP contribution in [0.3, 0.4) is 0 Å². The lowest BCUT2D eigenvalue weighted by molar-refractivity contribution is -0.0888. The second-order valence-electron chi connectivity index (χ2n) is 3.69. The second-order valence-corrected chi connectivity index (χ2v) is 4.55. The summed E-state index contributed by atoms with van der Waals surface area (Å²) < 4.78 is 43.6. The van der Waals surface area contributed by atoms with Crippen LogP contribution in [-0.2, 0) is 0 Å². The molecule has 0 saturated heterocycles. The minimum Gasteiger partial charge on any atom is -0.495 e. The highest BCUT2D eigenvalue weighted by Gasteiger charge is 2.41. The number of hydrogen-bond donors (Lipinski definition) is 0. The molecule has 0 radical (unpaired) electrons. The maximum absolute atomic E-state index is 12.3. The van der Waals surface area contributed by atoms with Crippen molar-refractivity contribution >= 4 is 21.7 Å². The molecule has 9 heteroatoms. The summed E-state index contributed by atoms with van der Waals surface area (Å²) in [7, 11) is 1.45. The first kappa shape index (κ1) is 14.5. The third kappa shape index (κ3) is 2.82. The predicted octanol–water partition coefficient (Wildman–Crippen LogP) is 2.78. The van der Waals surface area contributed by atoms with Crippen LogP contribution < -0.4 is 4.74 Å². The summed E-state index contributed by atoms with van der Waals surface area (Å²) in [6.45, 7) is 0. The van der Waals surface area contributed by atoms with Gasteiger partial charge in [-0.3, -0.25) is 4.79 Å². The zero-order valence-electron chi connectivity index (χ0n) is 9.98. The number of ketones is 1. The Morgan fingerprint density at radius 3 is 2.70 bits per heavy atom. The van der Waals surface area contributed by atoms with Crippen LogP contribution in [0.15, 0.2) is 28.9 Å². The molecule has 2 aromatic rings. The molecule has 0 aliphatic rings. The quantitative estimate of drug-likeness (QED) is 0.799. The Morgan fingerprint density at radius 2 is 2.10 bits per heavy atom. The molecule has 0 N–H and O–H groups in total. The number of methoxy groups -OCH3 is 1.